The lowest BCUT2D eigenvalue weighted by atomic mass is 9.96. The second-order valence-electron chi connectivity index (χ2n) is 4.56. The molecule has 1 aliphatic carbocycles. The normalized spacial score (nSPS) is 18.5. The highest BCUT2D eigenvalue weighted by Crippen LogP contribution is 2.39. The summed E-state index contributed by atoms with van der Waals surface area (Å²) < 4.78 is 4.78. The highest BCUT2D eigenvalue weighted by molar-refractivity contribution is 5.96. The van der Waals surface area contributed by atoms with E-state index in [4.69, 9.17) is 4.52 Å². The molecule has 0 aliphatic heterocycles. The topological polar surface area (TPSA) is 92.4 Å². The molecule has 1 aromatic rings. The number of nitrogens with one attached hydrogen (secondary N) is 1. The number of amides is 1. The van der Waals surface area contributed by atoms with Gasteiger partial charge in [-0.05, 0) is 32.6 Å². The first-order valence-electron chi connectivity index (χ1n) is 5.42. The summed E-state index contributed by atoms with van der Waals surface area (Å²) in [6.07, 6.45) is 1.64. The van der Waals surface area contributed by atoms with Crippen LogP contribution in [-0.2, 0) is 4.79 Å². The van der Waals surface area contributed by atoms with Crippen molar-refractivity contribution < 1.29 is 19.2 Å². The van der Waals surface area contributed by atoms with Crippen LogP contribution in [0.1, 0.15) is 36.0 Å². The minimum atomic E-state index is -1.22. The number of carbonyl (C=O) groups excluding carboxylic acids is 1. The highest BCUT2D eigenvalue weighted by Gasteiger charge is 2.48. The molecule has 1 saturated carbocycles. The molecule has 1 atom stereocenters. The number of carboxylic acids is 1. The third-order valence-corrected chi connectivity index (χ3v) is 3.07. The van der Waals surface area contributed by atoms with E-state index in [0.717, 1.165) is 12.8 Å². The average molecular weight is 238 g/mol. The molecule has 0 spiro atoms. The maximum Gasteiger partial charge on any atom is 0.329 e. The van der Waals surface area contributed by atoms with Gasteiger partial charge in [-0.15, -0.1) is 0 Å². The van der Waals surface area contributed by atoms with Crippen molar-refractivity contribution in [1.29, 1.82) is 0 Å². The van der Waals surface area contributed by atoms with Gasteiger partial charge >= 0.3 is 5.97 Å². The van der Waals surface area contributed by atoms with Gasteiger partial charge in [-0.1, -0.05) is 5.16 Å². The molecule has 1 aliphatic rings. The lowest BCUT2D eigenvalue weighted by Gasteiger charge is -2.25. The number of rotatable bonds is 4. The lowest BCUT2D eigenvalue weighted by Crippen LogP contribution is -2.54. The molecule has 17 heavy (non-hydrogen) atoms. The van der Waals surface area contributed by atoms with Gasteiger partial charge in [-0.2, -0.15) is 0 Å². The first-order chi connectivity index (χ1) is 7.93. The Morgan fingerprint density at radius 1 is 1.59 bits per heavy atom. The number of hydrogen-bond acceptors (Lipinski definition) is 4. The van der Waals surface area contributed by atoms with E-state index in [9.17, 15) is 14.7 Å². The van der Waals surface area contributed by atoms with Crippen LogP contribution in [0.15, 0.2) is 10.6 Å². The smallest absolute Gasteiger partial charge is 0.329 e. The van der Waals surface area contributed by atoms with Crippen molar-refractivity contribution in [2.24, 2.45) is 5.92 Å². The largest absolute Gasteiger partial charge is 0.480 e. The summed E-state index contributed by atoms with van der Waals surface area (Å²) >= 11 is 0. The quantitative estimate of drug-likeness (QED) is 0.815. The Labute approximate surface area is 98.0 Å². The number of carboxylic acid groups (broad SMARTS) is 1. The molecule has 92 valence electrons. The Morgan fingerprint density at radius 3 is 2.65 bits per heavy atom. The second kappa shape index (κ2) is 3.87. The van der Waals surface area contributed by atoms with Crippen molar-refractivity contribution in [1.82, 2.24) is 10.5 Å². The minimum Gasteiger partial charge on any atom is -0.480 e. The Hall–Kier alpha value is -1.85. The lowest BCUT2D eigenvalue weighted by molar-refractivity contribution is -0.144. The van der Waals surface area contributed by atoms with Crippen molar-refractivity contribution in [2.75, 3.05) is 0 Å². The summed E-state index contributed by atoms with van der Waals surface area (Å²) in [4.78, 5) is 23.0. The molecule has 6 nitrogen and oxygen atoms in total. The van der Waals surface area contributed by atoms with Crippen molar-refractivity contribution in [2.45, 2.75) is 32.2 Å². The summed E-state index contributed by atoms with van der Waals surface area (Å²) in [6, 6.07) is 1.48. The van der Waals surface area contributed by atoms with Crippen molar-refractivity contribution in [3.8, 4) is 0 Å². The number of carbonyl (C=O) groups is 2. The number of aryl methyl sites for hydroxylation is 1. The Balaban J connectivity index is 2.14. The van der Waals surface area contributed by atoms with Crippen LogP contribution in [0.25, 0.3) is 0 Å². The van der Waals surface area contributed by atoms with Gasteiger partial charge < -0.3 is 14.9 Å². The molecule has 2 N–H and O–H groups in total. The third kappa shape index (κ3) is 2.15. The Kier molecular flexibility index (Phi) is 2.65. The molecule has 1 aromatic heterocycles. The number of aromatic nitrogens is 1. The molecule has 1 heterocycles. The van der Waals surface area contributed by atoms with Crippen LogP contribution >= 0.6 is 0 Å². The van der Waals surface area contributed by atoms with Gasteiger partial charge in [0.25, 0.3) is 5.91 Å². The Bertz CT molecular complexity index is 464. The molecular weight excluding hydrogens is 224 g/mol. The van der Waals surface area contributed by atoms with E-state index in [1.807, 2.05) is 0 Å². The molecule has 1 unspecified atom stereocenters. The monoisotopic (exact) mass is 238 g/mol. The van der Waals surface area contributed by atoms with Gasteiger partial charge in [-0.3, -0.25) is 4.79 Å². The van der Waals surface area contributed by atoms with E-state index in [2.05, 4.69) is 10.5 Å². The summed E-state index contributed by atoms with van der Waals surface area (Å²) in [5, 5.41) is 15.3. The highest BCUT2D eigenvalue weighted by atomic mass is 16.5. The zero-order valence-corrected chi connectivity index (χ0v) is 9.69. The zero-order valence-electron chi connectivity index (χ0n) is 9.69. The van der Waals surface area contributed by atoms with E-state index >= 15 is 0 Å². The third-order valence-electron chi connectivity index (χ3n) is 3.07. The fraction of sp³-hybridized carbons (Fsp3) is 0.545. The fourth-order valence-electron chi connectivity index (χ4n) is 1.76. The zero-order chi connectivity index (χ0) is 12.6. The molecule has 0 saturated heterocycles. The van der Waals surface area contributed by atoms with Crippen LogP contribution in [-0.4, -0.2) is 27.7 Å². The summed E-state index contributed by atoms with van der Waals surface area (Å²) in [6.45, 7) is 3.19. The number of aliphatic carboxylic acids is 1. The number of nitrogens with zero attached hydrogens (tertiary/aromatic N) is 1. The van der Waals surface area contributed by atoms with Crippen LogP contribution < -0.4 is 5.32 Å². The molecular formula is C11H14N2O4. The first kappa shape index (κ1) is 11.6. The Morgan fingerprint density at radius 2 is 2.24 bits per heavy atom. The molecule has 0 radical (unpaired) electrons. The van der Waals surface area contributed by atoms with E-state index < -0.39 is 17.4 Å². The molecule has 0 aromatic carbocycles. The molecule has 1 fully saturated rings. The van der Waals surface area contributed by atoms with Crippen LogP contribution in [0, 0.1) is 12.8 Å². The van der Waals surface area contributed by atoms with Gasteiger partial charge in [-0.25, -0.2) is 4.79 Å². The maximum atomic E-state index is 11.8. The molecule has 2 rings (SSSR count). The minimum absolute atomic E-state index is 0.00283. The maximum absolute atomic E-state index is 11.8. The fourth-order valence-corrected chi connectivity index (χ4v) is 1.76. The number of hydrogen-bond donors (Lipinski definition) is 2. The van der Waals surface area contributed by atoms with Gasteiger partial charge in [0.2, 0.25) is 0 Å². The van der Waals surface area contributed by atoms with Gasteiger partial charge in [0.1, 0.15) is 11.3 Å². The summed E-state index contributed by atoms with van der Waals surface area (Å²) in [5.41, 5.74) is -1.11. The van der Waals surface area contributed by atoms with Crippen LogP contribution in [0.3, 0.4) is 0 Å². The predicted molar refractivity (Wildman–Crippen MR) is 57.5 cm³/mol. The van der Waals surface area contributed by atoms with Gasteiger partial charge in [0.05, 0.1) is 0 Å². The second-order valence-corrected chi connectivity index (χ2v) is 4.56. The first-order valence-corrected chi connectivity index (χ1v) is 5.42. The van der Waals surface area contributed by atoms with Crippen LogP contribution in [0.2, 0.25) is 0 Å². The van der Waals surface area contributed by atoms with Crippen LogP contribution in [0.5, 0.6) is 0 Å². The van der Waals surface area contributed by atoms with Crippen LogP contribution in [0.4, 0.5) is 0 Å². The summed E-state index contributed by atoms with van der Waals surface area (Å²) in [7, 11) is 0. The van der Waals surface area contributed by atoms with Crippen molar-refractivity contribution >= 4 is 11.9 Å². The van der Waals surface area contributed by atoms with E-state index in [1.54, 1.807) is 6.92 Å². The van der Waals surface area contributed by atoms with Crippen molar-refractivity contribution in [3.63, 3.8) is 0 Å². The molecule has 6 heteroatoms. The standard InChI is InChI=1S/C11H14N2O4/c1-6-5-8(13-17-6)9(14)12-11(2,10(15)16)7-3-4-7/h5,7H,3-4H2,1-2H3,(H,12,14)(H,15,16). The SMILES string of the molecule is Cc1cc(C(=O)NC(C)(C(=O)O)C2CC2)no1. The van der Waals surface area contributed by atoms with E-state index in [-0.39, 0.29) is 11.6 Å². The summed E-state index contributed by atoms with van der Waals surface area (Å²) in [5.74, 6) is -1.03. The predicted octanol–water partition coefficient (Wildman–Crippen LogP) is 0.966. The average Bonchev–Trinajstić information content (AvgIpc) is 3.01. The molecule has 0 bridgehead atoms. The van der Waals surface area contributed by atoms with Gasteiger partial charge in [0, 0.05) is 6.07 Å². The van der Waals surface area contributed by atoms with E-state index in [0.29, 0.717) is 5.76 Å². The van der Waals surface area contributed by atoms with Crippen molar-refractivity contribution in [3.05, 3.63) is 17.5 Å². The van der Waals surface area contributed by atoms with Gasteiger partial charge in [0.15, 0.2) is 5.69 Å². The molecule has 1 amide bonds. The van der Waals surface area contributed by atoms with E-state index in [1.165, 1.54) is 13.0 Å².